The SMILES string of the molecule is CCCCCCCCCCCCC(=O)O[C@H](CO)COCOCCCCCCCCCCCCCCNC(C)=O. The molecule has 0 rings (SSSR count). The molecule has 0 spiro atoms. The van der Waals surface area contributed by atoms with Crippen LogP contribution in [0, 0.1) is 0 Å². The van der Waals surface area contributed by atoms with Gasteiger partial charge in [0.15, 0.2) is 0 Å². The van der Waals surface area contributed by atoms with E-state index in [1.54, 1.807) is 6.92 Å². The highest BCUT2D eigenvalue weighted by Gasteiger charge is 2.13. The standard InChI is InChI=1S/C33H65NO6/c1-3-4-5-6-7-8-13-16-19-22-25-33(37)40-32(28-35)29-39-30-38-27-24-21-18-15-12-10-9-11-14-17-20-23-26-34-31(2)36/h32,35H,3-30H2,1-2H3,(H,34,36)/t32-/m1/s1. The van der Waals surface area contributed by atoms with E-state index in [-0.39, 0.29) is 31.9 Å². The van der Waals surface area contributed by atoms with Crippen LogP contribution in [0.3, 0.4) is 0 Å². The smallest absolute Gasteiger partial charge is 0.306 e. The highest BCUT2D eigenvalue weighted by molar-refractivity contribution is 5.72. The number of carbonyl (C=O) groups excluding carboxylic acids is 2. The molecule has 0 saturated heterocycles. The third-order valence-corrected chi connectivity index (χ3v) is 7.30. The van der Waals surface area contributed by atoms with E-state index in [1.807, 2.05) is 0 Å². The van der Waals surface area contributed by atoms with Crippen LogP contribution in [0.25, 0.3) is 0 Å². The van der Waals surface area contributed by atoms with Gasteiger partial charge < -0.3 is 24.6 Å². The maximum absolute atomic E-state index is 12.0. The fraction of sp³-hybridized carbons (Fsp3) is 0.939. The lowest BCUT2D eigenvalue weighted by molar-refractivity contribution is -0.159. The van der Waals surface area contributed by atoms with Crippen LogP contribution in [0.4, 0.5) is 0 Å². The summed E-state index contributed by atoms with van der Waals surface area (Å²) in [5, 5.41) is 12.3. The molecule has 7 heteroatoms. The van der Waals surface area contributed by atoms with Crippen molar-refractivity contribution < 1.29 is 28.9 Å². The molecule has 0 radical (unpaired) electrons. The van der Waals surface area contributed by atoms with Crippen LogP contribution in [0.2, 0.25) is 0 Å². The van der Waals surface area contributed by atoms with Gasteiger partial charge in [-0.25, -0.2) is 0 Å². The first-order valence-corrected chi connectivity index (χ1v) is 16.8. The van der Waals surface area contributed by atoms with Gasteiger partial charge in [0.05, 0.1) is 13.2 Å². The minimum absolute atomic E-state index is 0.0687. The number of hydrogen-bond acceptors (Lipinski definition) is 6. The van der Waals surface area contributed by atoms with E-state index in [0.717, 1.165) is 32.2 Å². The van der Waals surface area contributed by atoms with E-state index in [1.165, 1.54) is 116 Å². The number of ether oxygens (including phenoxy) is 3. The van der Waals surface area contributed by atoms with Crippen LogP contribution < -0.4 is 5.32 Å². The van der Waals surface area contributed by atoms with E-state index < -0.39 is 6.10 Å². The van der Waals surface area contributed by atoms with E-state index in [2.05, 4.69) is 12.2 Å². The number of nitrogens with one attached hydrogen (secondary N) is 1. The first-order valence-electron chi connectivity index (χ1n) is 16.8. The van der Waals surface area contributed by atoms with Crippen molar-refractivity contribution in [2.75, 3.05) is 33.2 Å². The molecule has 0 aliphatic heterocycles. The van der Waals surface area contributed by atoms with Gasteiger partial charge in [-0.3, -0.25) is 9.59 Å². The lowest BCUT2D eigenvalue weighted by Gasteiger charge is -2.16. The monoisotopic (exact) mass is 571 g/mol. The Hall–Kier alpha value is -1.18. The average Bonchev–Trinajstić information content (AvgIpc) is 2.94. The van der Waals surface area contributed by atoms with Crippen molar-refractivity contribution in [3.63, 3.8) is 0 Å². The molecule has 2 N–H and O–H groups in total. The number of esters is 1. The molecule has 0 bridgehead atoms. The molecule has 1 amide bonds. The Morgan fingerprint density at radius 3 is 1.62 bits per heavy atom. The number of aliphatic hydroxyl groups excluding tert-OH is 1. The van der Waals surface area contributed by atoms with Crippen LogP contribution in [-0.4, -0.2) is 56.2 Å². The Bertz CT molecular complexity index is 545. The second kappa shape index (κ2) is 32.3. The molecule has 0 aromatic rings. The predicted molar refractivity (Wildman–Crippen MR) is 164 cm³/mol. The Labute approximate surface area is 246 Å². The fourth-order valence-electron chi connectivity index (χ4n) is 4.78. The van der Waals surface area contributed by atoms with Gasteiger partial charge in [0, 0.05) is 26.5 Å². The highest BCUT2D eigenvalue weighted by Crippen LogP contribution is 2.13. The normalized spacial score (nSPS) is 12.0. The summed E-state index contributed by atoms with van der Waals surface area (Å²) in [4.78, 5) is 22.8. The van der Waals surface area contributed by atoms with Gasteiger partial charge in [-0.15, -0.1) is 0 Å². The van der Waals surface area contributed by atoms with Gasteiger partial charge >= 0.3 is 5.97 Å². The molecule has 0 fully saturated rings. The summed E-state index contributed by atoms with van der Waals surface area (Å²) in [7, 11) is 0. The second-order valence-corrected chi connectivity index (χ2v) is 11.3. The molecule has 0 aromatic heterocycles. The Morgan fingerprint density at radius 1 is 0.650 bits per heavy atom. The van der Waals surface area contributed by atoms with Gasteiger partial charge in [0.2, 0.25) is 5.91 Å². The summed E-state index contributed by atoms with van der Waals surface area (Å²) in [6, 6.07) is 0. The van der Waals surface area contributed by atoms with Crippen molar-refractivity contribution in [1.29, 1.82) is 0 Å². The minimum Gasteiger partial charge on any atom is -0.457 e. The lowest BCUT2D eigenvalue weighted by Crippen LogP contribution is -2.27. The van der Waals surface area contributed by atoms with Crippen LogP contribution in [0.1, 0.15) is 162 Å². The summed E-state index contributed by atoms with van der Waals surface area (Å²) in [5.41, 5.74) is 0. The Balaban J connectivity index is 3.36. The molecule has 40 heavy (non-hydrogen) atoms. The molecule has 0 unspecified atom stereocenters. The average molecular weight is 572 g/mol. The zero-order valence-electron chi connectivity index (χ0n) is 26.4. The van der Waals surface area contributed by atoms with Crippen LogP contribution in [0.15, 0.2) is 0 Å². The van der Waals surface area contributed by atoms with Crippen molar-refractivity contribution in [3.8, 4) is 0 Å². The number of aliphatic hydroxyl groups is 1. The second-order valence-electron chi connectivity index (χ2n) is 11.3. The number of carbonyl (C=O) groups is 2. The minimum atomic E-state index is -0.616. The number of rotatable bonds is 32. The van der Waals surface area contributed by atoms with Gasteiger partial charge in [-0.05, 0) is 19.3 Å². The largest absolute Gasteiger partial charge is 0.457 e. The number of hydrogen-bond donors (Lipinski definition) is 2. The van der Waals surface area contributed by atoms with Gasteiger partial charge in [-0.1, -0.05) is 129 Å². The number of unbranched alkanes of at least 4 members (excludes halogenated alkanes) is 20. The molecule has 0 saturated carbocycles. The molecule has 1 atom stereocenters. The quantitative estimate of drug-likeness (QED) is 0.0482. The summed E-state index contributed by atoms with van der Waals surface area (Å²) in [6.45, 7) is 5.40. The van der Waals surface area contributed by atoms with E-state index in [4.69, 9.17) is 14.2 Å². The van der Waals surface area contributed by atoms with E-state index in [0.29, 0.717) is 13.0 Å². The summed E-state index contributed by atoms with van der Waals surface area (Å²) >= 11 is 0. The van der Waals surface area contributed by atoms with Gasteiger partial charge in [0.25, 0.3) is 0 Å². The van der Waals surface area contributed by atoms with Gasteiger partial charge in [-0.2, -0.15) is 0 Å². The highest BCUT2D eigenvalue weighted by atomic mass is 16.7. The molecule has 0 aliphatic rings. The first-order chi connectivity index (χ1) is 19.6. The summed E-state index contributed by atoms with van der Waals surface area (Å²) in [6.07, 6.45) is 27.0. The zero-order chi connectivity index (χ0) is 29.4. The summed E-state index contributed by atoms with van der Waals surface area (Å²) < 4.78 is 16.3. The van der Waals surface area contributed by atoms with Crippen LogP contribution >= 0.6 is 0 Å². The molecule has 0 heterocycles. The molecule has 0 aromatic carbocycles. The molecule has 0 aliphatic carbocycles. The Morgan fingerprint density at radius 2 is 1.12 bits per heavy atom. The molecule has 238 valence electrons. The maximum atomic E-state index is 12.0. The van der Waals surface area contributed by atoms with Crippen LogP contribution in [0.5, 0.6) is 0 Å². The van der Waals surface area contributed by atoms with Crippen molar-refractivity contribution in [1.82, 2.24) is 5.32 Å². The van der Waals surface area contributed by atoms with Crippen molar-refractivity contribution >= 4 is 11.9 Å². The zero-order valence-corrected chi connectivity index (χ0v) is 26.4. The van der Waals surface area contributed by atoms with Crippen LogP contribution in [-0.2, 0) is 23.8 Å². The predicted octanol–water partition coefficient (Wildman–Crippen LogP) is 8.01. The van der Waals surface area contributed by atoms with Crippen molar-refractivity contribution in [3.05, 3.63) is 0 Å². The topological polar surface area (TPSA) is 94.1 Å². The lowest BCUT2D eigenvalue weighted by atomic mass is 10.1. The summed E-state index contributed by atoms with van der Waals surface area (Å²) in [5.74, 6) is -0.183. The van der Waals surface area contributed by atoms with E-state index >= 15 is 0 Å². The Kier molecular flexibility index (Phi) is 31.4. The third kappa shape index (κ3) is 31.3. The molecule has 7 nitrogen and oxygen atoms in total. The first kappa shape index (κ1) is 38.8. The van der Waals surface area contributed by atoms with Gasteiger partial charge in [0.1, 0.15) is 12.9 Å². The van der Waals surface area contributed by atoms with Crippen molar-refractivity contribution in [2.24, 2.45) is 0 Å². The molecular weight excluding hydrogens is 506 g/mol. The maximum Gasteiger partial charge on any atom is 0.306 e. The number of amides is 1. The molecular formula is C33H65NO6. The third-order valence-electron chi connectivity index (χ3n) is 7.30. The van der Waals surface area contributed by atoms with Crippen molar-refractivity contribution in [2.45, 2.75) is 168 Å². The van der Waals surface area contributed by atoms with E-state index in [9.17, 15) is 14.7 Å². The fourth-order valence-corrected chi connectivity index (χ4v) is 4.78.